The summed E-state index contributed by atoms with van der Waals surface area (Å²) < 4.78 is 0.886. The van der Waals surface area contributed by atoms with Crippen LogP contribution in [0, 0.1) is 0 Å². The smallest absolute Gasteiger partial charge is 0.0931 e. The molecule has 1 aromatic rings. The Morgan fingerprint density at radius 2 is 2.12 bits per heavy atom. The molecule has 1 aliphatic heterocycles. The Balaban J connectivity index is 1.71. The van der Waals surface area contributed by atoms with Gasteiger partial charge in [-0.3, -0.25) is 0 Å². The van der Waals surface area contributed by atoms with Crippen molar-refractivity contribution in [2.45, 2.75) is 45.3 Å². The average Bonchev–Trinajstić information content (AvgIpc) is 2.73. The van der Waals surface area contributed by atoms with Crippen LogP contribution in [0.5, 0.6) is 0 Å². The molecule has 0 aromatic carbocycles. The second-order valence-electron chi connectivity index (χ2n) is 4.99. The molecule has 1 aromatic heterocycles. The van der Waals surface area contributed by atoms with Crippen LogP contribution < -0.4 is 5.32 Å². The fraction of sp³-hybridized carbons (Fsp3) is 0.692. The molecule has 1 fully saturated rings. The van der Waals surface area contributed by atoms with E-state index >= 15 is 0 Å². The molecule has 0 amide bonds. The van der Waals surface area contributed by atoms with Gasteiger partial charge in [0.25, 0.3) is 0 Å². The summed E-state index contributed by atoms with van der Waals surface area (Å²) in [5.74, 6) is 0. The van der Waals surface area contributed by atoms with Gasteiger partial charge >= 0.3 is 0 Å². The van der Waals surface area contributed by atoms with Crippen LogP contribution in [0.2, 0.25) is 4.34 Å². The van der Waals surface area contributed by atoms with E-state index in [0.29, 0.717) is 12.1 Å². The van der Waals surface area contributed by atoms with Gasteiger partial charge < -0.3 is 10.2 Å². The first-order valence-electron chi connectivity index (χ1n) is 6.37. The first-order valence-corrected chi connectivity index (χ1v) is 7.56. The Morgan fingerprint density at radius 1 is 1.41 bits per heavy atom. The van der Waals surface area contributed by atoms with Gasteiger partial charge in [0.05, 0.1) is 4.34 Å². The van der Waals surface area contributed by atoms with Crippen LogP contribution in [-0.2, 0) is 6.54 Å². The summed E-state index contributed by atoms with van der Waals surface area (Å²) in [5, 5.41) is 3.64. The van der Waals surface area contributed by atoms with E-state index in [9.17, 15) is 0 Å². The molecule has 1 N–H and O–H groups in total. The number of rotatable bonds is 4. The molecule has 96 valence electrons. The summed E-state index contributed by atoms with van der Waals surface area (Å²) in [6.07, 6.45) is 2.52. The van der Waals surface area contributed by atoms with Crippen LogP contribution in [0.3, 0.4) is 0 Å². The van der Waals surface area contributed by atoms with Gasteiger partial charge in [0, 0.05) is 23.5 Å². The minimum Gasteiger partial charge on any atom is -0.309 e. The van der Waals surface area contributed by atoms with Gasteiger partial charge in [-0.2, -0.15) is 0 Å². The maximum atomic E-state index is 5.92. The molecule has 1 aliphatic rings. The normalized spacial score (nSPS) is 19.1. The Labute approximate surface area is 113 Å². The Morgan fingerprint density at radius 3 is 2.65 bits per heavy atom. The molecule has 2 heterocycles. The predicted molar refractivity (Wildman–Crippen MR) is 75.9 cm³/mol. The maximum Gasteiger partial charge on any atom is 0.0931 e. The van der Waals surface area contributed by atoms with Crippen LogP contribution in [0.15, 0.2) is 12.1 Å². The molecule has 0 saturated carbocycles. The van der Waals surface area contributed by atoms with E-state index in [0.717, 1.165) is 10.9 Å². The number of halogens is 1. The highest BCUT2D eigenvalue weighted by atomic mass is 35.5. The summed E-state index contributed by atoms with van der Waals surface area (Å²) in [6.45, 7) is 7.97. The number of hydrogen-bond acceptors (Lipinski definition) is 3. The summed E-state index contributed by atoms with van der Waals surface area (Å²) in [6, 6.07) is 5.45. The van der Waals surface area contributed by atoms with E-state index in [1.807, 2.05) is 6.07 Å². The van der Waals surface area contributed by atoms with Crippen molar-refractivity contribution in [1.82, 2.24) is 10.2 Å². The van der Waals surface area contributed by atoms with E-state index in [4.69, 9.17) is 11.6 Å². The van der Waals surface area contributed by atoms with E-state index in [1.54, 1.807) is 11.3 Å². The van der Waals surface area contributed by atoms with Crippen molar-refractivity contribution in [3.05, 3.63) is 21.3 Å². The Bertz CT molecular complexity index is 343. The second-order valence-corrected chi connectivity index (χ2v) is 6.79. The van der Waals surface area contributed by atoms with Gasteiger partial charge in [-0.05, 0) is 51.9 Å². The zero-order chi connectivity index (χ0) is 12.3. The van der Waals surface area contributed by atoms with Gasteiger partial charge in [-0.1, -0.05) is 11.6 Å². The average molecular weight is 273 g/mol. The number of piperidine rings is 1. The highest BCUT2D eigenvalue weighted by Crippen LogP contribution is 2.21. The van der Waals surface area contributed by atoms with Crippen LogP contribution in [0.25, 0.3) is 0 Å². The van der Waals surface area contributed by atoms with Gasteiger partial charge in [-0.25, -0.2) is 0 Å². The van der Waals surface area contributed by atoms with Crippen molar-refractivity contribution in [2.24, 2.45) is 0 Å². The highest BCUT2D eigenvalue weighted by molar-refractivity contribution is 7.16. The van der Waals surface area contributed by atoms with E-state index < -0.39 is 0 Å². The fourth-order valence-corrected chi connectivity index (χ4v) is 3.35. The summed E-state index contributed by atoms with van der Waals surface area (Å²) in [5.41, 5.74) is 0. The third-order valence-electron chi connectivity index (χ3n) is 3.45. The lowest BCUT2D eigenvalue weighted by atomic mass is 10.0. The number of nitrogens with zero attached hydrogens (tertiary/aromatic N) is 1. The van der Waals surface area contributed by atoms with Crippen molar-refractivity contribution in [2.75, 3.05) is 13.1 Å². The molecule has 0 bridgehead atoms. The topological polar surface area (TPSA) is 15.3 Å². The van der Waals surface area contributed by atoms with Crippen molar-refractivity contribution in [3.63, 3.8) is 0 Å². The lowest BCUT2D eigenvalue weighted by Gasteiger charge is -2.34. The molecular formula is C13H21ClN2S. The van der Waals surface area contributed by atoms with Crippen molar-refractivity contribution in [3.8, 4) is 0 Å². The third kappa shape index (κ3) is 3.95. The monoisotopic (exact) mass is 272 g/mol. The molecule has 2 nitrogen and oxygen atoms in total. The Kier molecular flexibility index (Phi) is 4.86. The first-order chi connectivity index (χ1) is 8.15. The largest absolute Gasteiger partial charge is 0.309 e. The second kappa shape index (κ2) is 6.19. The van der Waals surface area contributed by atoms with Crippen LogP contribution >= 0.6 is 22.9 Å². The minimum absolute atomic E-state index is 0.672. The van der Waals surface area contributed by atoms with Crippen molar-refractivity contribution >= 4 is 22.9 Å². The highest BCUT2D eigenvalue weighted by Gasteiger charge is 2.20. The Hall–Kier alpha value is -0.0900. The fourth-order valence-electron chi connectivity index (χ4n) is 2.31. The minimum atomic E-state index is 0.672. The molecule has 0 radical (unpaired) electrons. The lowest BCUT2D eigenvalue weighted by Crippen LogP contribution is -2.44. The third-order valence-corrected chi connectivity index (χ3v) is 4.68. The first kappa shape index (κ1) is 13.3. The summed E-state index contributed by atoms with van der Waals surface area (Å²) in [7, 11) is 0. The van der Waals surface area contributed by atoms with Crippen molar-refractivity contribution < 1.29 is 0 Å². The molecule has 0 aliphatic carbocycles. The molecule has 4 heteroatoms. The van der Waals surface area contributed by atoms with E-state index in [-0.39, 0.29) is 0 Å². The van der Waals surface area contributed by atoms with Gasteiger partial charge in [0.2, 0.25) is 0 Å². The van der Waals surface area contributed by atoms with Crippen LogP contribution in [0.1, 0.15) is 31.6 Å². The molecule has 2 rings (SSSR count). The predicted octanol–water partition coefficient (Wildman–Crippen LogP) is 3.36. The molecule has 1 saturated heterocycles. The zero-order valence-electron chi connectivity index (χ0n) is 10.6. The van der Waals surface area contributed by atoms with Crippen LogP contribution in [0.4, 0.5) is 0 Å². The number of likely N-dealkylation sites (tertiary alicyclic amines) is 1. The van der Waals surface area contributed by atoms with Gasteiger partial charge in [-0.15, -0.1) is 11.3 Å². The quantitative estimate of drug-likeness (QED) is 0.904. The SMILES string of the molecule is CC(C)N1CCC(NCc2ccc(Cl)s2)CC1. The number of thiophene rings is 1. The maximum absolute atomic E-state index is 5.92. The molecule has 17 heavy (non-hydrogen) atoms. The zero-order valence-corrected chi connectivity index (χ0v) is 12.2. The number of hydrogen-bond donors (Lipinski definition) is 1. The van der Waals surface area contributed by atoms with Gasteiger partial charge in [0.1, 0.15) is 0 Å². The number of nitrogens with one attached hydrogen (secondary N) is 1. The summed E-state index contributed by atoms with van der Waals surface area (Å²) in [4.78, 5) is 3.89. The lowest BCUT2D eigenvalue weighted by molar-refractivity contribution is 0.161. The van der Waals surface area contributed by atoms with Gasteiger partial charge in [0.15, 0.2) is 0 Å². The standard InChI is InChI=1S/C13H21ClN2S/c1-10(2)16-7-5-11(6-8-16)15-9-12-3-4-13(14)17-12/h3-4,10-11,15H,5-9H2,1-2H3. The van der Waals surface area contributed by atoms with Crippen LogP contribution in [-0.4, -0.2) is 30.1 Å². The van der Waals surface area contributed by atoms with Crippen molar-refractivity contribution in [1.29, 1.82) is 0 Å². The van der Waals surface area contributed by atoms with E-state index in [1.165, 1.54) is 30.8 Å². The molecular weight excluding hydrogens is 252 g/mol. The molecule has 0 atom stereocenters. The summed E-state index contributed by atoms with van der Waals surface area (Å²) >= 11 is 7.59. The molecule has 0 spiro atoms. The van der Waals surface area contributed by atoms with E-state index in [2.05, 4.69) is 30.1 Å². The molecule has 0 unspecified atom stereocenters.